The first kappa shape index (κ1) is 10.0. The maximum Gasteiger partial charge on any atom is 0.0428 e. The summed E-state index contributed by atoms with van der Waals surface area (Å²) in [5.41, 5.74) is 1.38. The molecule has 3 rings (SSSR count). The van der Waals surface area contributed by atoms with Crippen LogP contribution >= 0.6 is 39.3 Å². The lowest BCUT2D eigenvalue weighted by Gasteiger charge is -2.15. The summed E-state index contributed by atoms with van der Waals surface area (Å²) in [4.78, 5) is 1.31. The first-order chi connectivity index (χ1) is 7.25. The molecule has 0 fully saturated rings. The van der Waals surface area contributed by atoms with E-state index in [1.54, 1.807) is 0 Å². The molecular formula is C12H8BrClS. The van der Waals surface area contributed by atoms with Gasteiger partial charge in [-0.05, 0) is 17.7 Å². The van der Waals surface area contributed by atoms with Gasteiger partial charge >= 0.3 is 0 Å². The predicted molar refractivity (Wildman–Crippen MR) is 69.8 cm³/mol. The maximum atomic E-state index is 6.05. The third kappa shape index (κ3) is 1.59. The Hall–Kier alpha value is -0.180. The molecule has 0 amide bonds. The molecule has 1 aromatic carbocycles. The molecule has 2 aliphatic rings. The van der Waals surface area contributed by atoms with E-state index in [4.69, 9.17) is 11.6 Å². The molecule has 2 atom stereocenters. The Morgan fingerprint density at radius 3 is 2.87 bits per heavy atom. The van der Waals surface area contributed by atoms with Crippen LogP contribution in [0.15, 0.2) is 45.8 Å². The molecule has 3 heteroatoms. The highest BCUT2D eigenvalue weighted by Crippen LogP contribution is 2.51. The largest absolute Gasteiger partial charge is 0.117 e. The van der Waals surface area contributed by atoms with E-state index in [-0.39, 0.29) is 0 Å². The molecule has 0 nitrogen and oxygen atoms in total. The van der Waals surface area contributed by atoms with Crippen molar-refractivity contribution in [3.8, 4) is 0 Å². The molecule has 0 N–H and O–H groups in total. The number of halogens is 2. The molecule has 0 aromatic heterocycles. The van der Waals surface area contributed by atoms with Crippen LogP contribution in [0.2, 0.25) is 5.02 Å². The molecule has 1 aromatic rings. The normalized spacial score (nSPS) is 26.5. The van der Waals surface area contributed by atoms with Crippen LogP contribution in [0.1, 0.15) is 11.5 Å². The van der Waals surface area contributed by atoms with E-state index < -0.39 is 0 Å². The van der Waals surface area contributed by atoms with Crippen molar-refractivity contribution in [1.82, 2.24) is 0 Å². The molecule has 1 aliphatic carbocycles. The average molecular weight is 300 g/mol. The Morgan fingerprint density at radius 2 is 2.00 bits per heavy atom. The standard InChI is InChI=1S/C12H8BrClS/c13-9-5-7(14)6-11-12(9)8-3-1-2-4-10(8)15-11/h1-6,8,10H. The topological polar surface area (TPSA) is 0 Å². The van der Waals surface area contributed by atoms with E-state index in [2.05, 4.69) is 46.3 Å². The van der Waals surface area contributed by atoms with Gasteiger partial charge < -0.3 is 0 Å². The number of hydrogen-bond acceptors (Lipinski definition) is 1. The molecule has 0 radical (unpaired) electrons. The molecule has 2 unspecified atom stereocenters. The zero-order valence-corrected chi connectivity index (χ0v) is 10.9. The van der Waals surface area contributed by atoms with Gasteiger partial charge in [-0.25, -0.2) is 0 Å². The average Bonchev–Trinajstić information content (AvgIpc) is 2.54. The third-order valence-electron chi connectivity index (χ3n) is 2.74. The quantitative estimate of drug-likeness (QED) is 0.664. The lowest BCUT2D eigenvalue weighted by atomic mass is 9.93. The third-order valence-corrected chi connectivity index (χ3v) is 4.93. The first-order valence-corrected chi connectivity index (χ1v) is 6.81. The van der Waals surface area contributed by atoms with E-state index in [1.807, 2.05) is 17.8 Å². The van der Waals surface area contributed by atoms with Gasteiger partial charge in [-0.3, -0.25) is 0 Å². The van der Waals surface area contributed by atoms with Gasteiger partial charge in [-0.1, -0.05) is 51.8 Å². The van der Waals surface area contributed by atoms with Crippen molar-refractivity contribution < 1.29 is 0 Å². The zero-order valence-electron chi connectivity index (χ0n) is 7.78. The van der Waals surface area contributed by atoms with Crippen LogP contribution in [0.3, 0.4) is 0 Å². The van der Waals surface area contributed by atoms with Gasteiger partial charge in [0.1, 0.15) is 0 Å². The van der Waals surface area contributed by atoms with E-state index >= 15 is 0 Å². The van der Waals surface area contributed by atoms with Crippen molar-refractivity contribution in [2.24, 2.45) is 0 Å². The van der Waals surface area contributed by atoms with Crippen LogP contribution in [0.4, 0.5) is 0 Å². The lowest BCUT2D eigenvalue weighted by Crippen LogP contribution is -2.07. The zero-order chi connectivity index (χ0) is 10.4. The van der Waals surface area contributed by atoms with Crippen molar-refractivity contribution in [2.45, 2.75) is 16.1 Å². The van der Waals surface area contributed by atoms with E-state index in [1.165, 1.54) is 10.5 Å². The molecule has 1 heterocycles. The fraction of sp³-hybridized carbons (Fsp3) is 0.167. The predicted octanol–water partition coefficient (Wildman–Crippen LogP) is 4.79. The smallest absolute Gasteiger partial charge is 0.0428 e. The number of rotatable bonds is 0. The Bertz CT molecular complexity index is 479. The second-order valence-corrected chi connectivity index (χ2v) is 6.19. The van der Waals surface area contributed by atoms with Crippen molar-refractivity contribution in [1.29, 1.82) is 0 Å². The molecule has 76 valence electrons. The van der Waals surface area contributed by atoms with E-state index in [0.717, 1.165) is 9.50 Å². The van der Waals surface area contributed by atoms with Gasteiger partial charge in [0.15, 0.2) is 0 Å². The number of thioether (sulfide) groups is 1. The van der Waals surface area contributed by atoms with Gasteiger partial charge in [-0.2, -0.15) is 0 Å². The Kier molecular flexibility index (Phi) is 2.46. The maximum absolute atomic E-state index is 6.05. The molecular weight excluding hydrogens is 292 g/mol. The van der Waals surface area contributed by atoms with Crippen LogP contribution in [-0.4, -0.2) is 5.25 Å². The summed E-state index contributed by atoms with van der Waals surface area (Å²) < 4.78 is 1.13. The summed E-state index contributed by atoms with van der Waals surface area (Å²) in [6.45, 7) is 0. The second-order valence-electron chi connectivity index (χ2n) is 3.68. The first-order valence-electron chi connectivity index (χ1n) is 4.76. The fourth-order valence-corrected chi connectivity index (χ4v) is 4.76. The monoisotopic (exact) mass is 298 g/mol. The highest BCUT2D eigenvalue weighted by molar-refractivity contribution is 9.10. The van der Waals surface area contributed by atoms with Gasteiger partial charge in [0.25, 0.3) is 0 Å². The number of hydrogen-bond donors (Lipinski definition) is 0. The van der Waals surface area contributed by atoms with E-state index in [9.17, 15) is 0 Å². The minimum absolute atomic E-state index is 0.502. The number of fused-ring (bicyclic) bond motifs is 3. The molecule has 0 spiro atoms. The summed E-state index contributed by atoms with van der Waals surface area (Å²) in [6, 6.07) is 4.04. The Balaban J connectivity index is 2.17. The summed E-state index contributed by atoms with van der Waals surface area (Å²) in [6.07, 6.45) is 8.77. The van der Waals surface area contributed by atoms with Gasteiger partial charge in [0.05, 0.1) is 0 Å². The van der Waals surface area contributed by atoms with Crippen LogP contribution in [-0.2, 0) is 0 Å². The molecule has 0 bridgehead atoms. The molecule has 15 heavy (non-hydrogen) atoms. The summed E-state index contributed by atoms with van der Waals surface area (Å²) >= 11 is 11.5. The lowest BCUT2D eigenvalue weighted by molar-refractivity contribution is 0.875. The van der Waals surface area contributed by atoms with Gasteiger partial charge in [-0.15, -0.1) is 11.8 Å². The molecule has 1 aliphatic heterocycles. The van der Waals surface area contributed by atoms with Crippen LogP contribution in [0, 0.1) is 0 Å². The summed E-state index contributed by atoms with van der Waals surface area (Å²) in [5.74, 6) is 0.502. The SMILES string of the molecule is Clc1cc(Br)c2c(c1)SC1C=CC=CC21. The highest BCUT2D eigenvalue weighted by atomic mass is 79.9. The van der Waals surface area contributed by atoms with Crippen molar-refractivity contribution in [3.05, 3.63) is 51.5 Å². The van der Waals surface area contributed by atoms with Crippen molar-refractivity contribution >= 4 is 39.3 Å². The minimum Gasteiger partial charge on any atom is -0.117 e. The van der Waals surface area contributed by atoms with Crippen molar-refractivity contribution in [3.63, 3.8) is 0 Å². The minimum atomic E-state index is 0.502. The van der Waals surface area contributed by atoms with Crippen LogP contribution in [0.25, 0.3) is 0 Å². The second kappa shape index (κ2) is 3.69. The summed E-state index contributed by atoms with van der Waals surface area (Å²) in [7, 11) is 0. The van der Waals surface area contributed by atoms with Crippen LogP contribution in [0.5, 0.6) is 0 Å². The molecule has 0 saturated carbocycles. The van der Waals surface area contributed by atoms with Crippen LogP contribution < -0.4 is 0 Å². The molecule has 0 saturated heterocycles. The van der Waals surface area contributed by atoms with E-state index in [0.29, 0.717) is 11.2 Å². The highest BCUT2D eigenvalue weighted by Gasteiger charge is 2.32. The number of benzene rings is 1. The Morgan fingerprint density at radius 1 is 1.20 bits per heavy atom. The Labute approximate surface area is 107 Å². The summed E-state index contributed by atoms with van der Waals surface area (Å²) in [5, 5.41) is 1.35. The fourth-order valence-electron chi connectivity index (χ4n) is 2.09. The van der Waals surface area contributed by atoms with Gasteiger partial charge in [0, 0.05) is 25.6 Å². The number of allylic oxidation sites excluding steroid dienone is 3. The van der Waals surface area contributed by atoms with Crippen molar-refractivity contribution in [2.75, 3.05) is 0 Å². The van der Waals surface area contributed by atoms with Gasteiger partial charge in [0.2, 0.25) is 0 Å².